The molecule has 0 amide bonds. The highest BCUT2D eigenvalue weighted by Gasteiger charge is 2.14. The van der Waals surface area contributed by atoms with Gasteiger partial charge in [-0.2, -0.15) is 0 Å². The van der Waals surface area contributed by atoms with Crippen LogP contribution in [-0.2, 0) is 6.54 Å². The minimum absolute atomic E-state index is 0.0135. The van der Waals surface area contributed by atoms with Gasteiger partial charge in [-0.3, -0.25) is 0 Å². The van der Waals surface area contributed by atoms with Crippen LogP contribution in [0.3, 0.4) is 0 Å². The Kier molecular flexibility index (Phi) is 3.66. The highest BCUT2D eigenvalue weighted by atomic mass is 19.1. The average Bonchev–Trinajstić information content (AvgIpc) is 2.74. The molecule has 0 bridgehead atoms. The standard InChI is InChI=1S/C14H18FN3O/c1-9-7-10(15)5-6-11(9)13-18-17-12(19-13)8-16-14(2,3)4/h5-7,16H,8H2,1-4H3. The van der Waals surface area contributed by atoms with Crippen LogP contribution in [0.15, 0.2) is 22.6 Å². The quantitative estimate of drug-likeness (QED) is 0.924. The van der Waals surface area contributed by atoms with Crippen molar-refractivity contribution < 1.29 is 8.81 Å². The maximum atomic E-state index is 13.0. The van der Waals surface area contributed by atoms with E-state index in [1.54, 1.807) is 6.07 Å². The molecule has 0 unspecified atom stereocenters. The van der Waals surface area contributed by atoms with Gasteiger partial charge in [0.05, 0.1) is 6.54 Å². The summed E-state index contributed by atoms with van der Waals surface area (Å²) in [5.74, 6) is 0.673. The number of aromatic nitrogens is 2. The highest BCUT2D eigenvalue weighted by molar-refractivity contribution is 5.57. The van der Waals surface area contributed by atoms with E-state index in [2.05, 4.69) is 36.3 Å². The molecule has 0 spiro atoms. The van der Waals surface area contributed by atoms with E-state index >= 15 is 0 Å². The molecule has 0 saturated heterocycles. The van der Waals surface area contributed by atoms with Crippen LogP contribution in [0.25, 0.3) is 11.5 Å². The van der Waals surface area contributed by atoms with E-state index in [9.17, 15) is 4.39 Å². The molecular weight excluding hydrogens is 245 g/mol. The van der Waals surface area contributed by atoms with Crippen molar-refractivity contribution in [2.45, 2.75) is 39.8 Å². The number of aryl methyl sites for hydroxylation is 1. The molecule has 0 aliphatic carbocycles. The molecular formula is C14H18FN3O. The first-order valence-electron chi connectivity index (χ1n) is 6.19. The van der Waals surface area contributed by atoms with Crippen molar-refractivity contribution in [3.8, 4) is 11.5 Å². The summed E-state index contributed by atoms with van der Waals surface area (Å²) in [7, 11) is 0. The molecule has 1 aromatic heterocycles. The molecule has 0 radical (unpaired) electrons. The van der Waals surface area contributed by atoms with E-state index < -0.39 is 0 Å². The van der Waals surface area contributed by atoms with Crippen molar-refractivity contribution >= 4 is 0 Å². The van der Waals surface area contributed by atoms with Crippen molar-refractivity contribution in [2.75, 3.05) is 0 Å². The van der Waals surface area contributed by atoms with Crippen LogP contribution >= 0.6 is 0 Å². The molecule has 0 aliphatic heterocycles. The molecule has 4 nitrogen and oxygen atoms in total. The predicted octanol–water partition coefficient (Wildman–Crippen LogP) is 3.07. The molecule has 1 N–H and O–H groups in total. The molecule has 2 rings (SSSR count). The zero-order chi connectivity index (χ0) is 14.0. The van der Waals surface area contributed by atoms with Gasteiger partial charge in [0.2, 0.25) is 11.8 Å². The van der Waals surface area contributed by atoms with Gasteiger partial charge in [-0.1, -0.05) is 0 Å². The largest absolute Gasteiger partial charge is 0.419 e. The van der Waals surface area contributed by atoms with Crippen molar-refractivity contribution in [1.82, 2.24) is 15.5 Å². The lowest BCUT2D eigenvalue weighted by atomic mass is 10.1. The number of nitrogens with one attached hydrogen (secondary N) is 1. The minimum Gasteiger partial charge on any atom is -0.419 e. The molecule has 0 fully saturated rings. The summed E-state index contributed by atoms with van der Waals surface area (Å²) in [5, 5.41) is 11.3. The molecule has 19 heavy (non-hydrogen) atoms. The smallest absolute Gasteiger partial charge is 0.248 e. The maximum absolute atomic E-state index is 13.0. The van der Waals surface area contributed by atoms with Gasteiger partial charge in [0.15, 0.2) is 0 Å². The van der Waals surface area contributed by atoms with E-state index in [0.717, 1.165) is 11.1 Å². The SMILES string of the molecule is Cc1cc(F)ccc1-c1nnc(CNC(C)(C)C)o1. The van der Waals surface area contributed by atoms with Crippen LogP contribution in [0.2, 0.25) is 0 Å². The summed E-state index contributed by atoms with van der Waals surface area (Å²) >= 11 is 0. The number of hydrogen-bond donors (Lipinski definition) is 1. The first-order valence-corrected chi connectivity index (χ1v) is 6.19. The van der Waals surface area contributed by atoms with Crippen molar-refractivity contribution in [3.63, 3.8) is 0 Å². The summed E-state index contributed by atoms with van der Waals surface area (Å²) in [5.41, 5.74) is 1.52. The Labute approximate surface area is 112 Å². The van der Waals surface area contributed by atoms with Crippen LogP contribution in [0.5, 0.6) is 0 Å². The van der Waals surface area contributed by atoms with Crippen LogP contribution in [0.1, 0.15) is 32.2 Å². The topological polar surface area (TPSA) is 51.0 Å². The van der Waals surface area contributed by atoms with E-state index in [1.165, 1.54) is 12.1 Å². The summed E-state index contributed by atoms with van der Waals surface area (Å²) in [6.45, 7) is 8.52. The summed E-state index contributed by atoms with van der Waals surface area (Å²) < 4.78 is 18.6. The van der Waals surface area contributed by atoms with Gasteiger partial charge in [-0.15, -0.1) is 10.2 Å². The Bertz CT molecular complexity index is 572. The van der Waals surface area contributed by atoms with Gasteiger partial charge in [0.1, 0.15) is 5.82 Å². The zero-order valence-electron chi connectivity index (χ0n) is 11.6. The molecule has 5 heteroatoms. The molecule has 2 aromatic rings. The molecule has 0 saturated carbocycles. The number of nitrogens with zero attached hydrogens (tertiary/aromatic N) is 2. The van der Waals surface area contributed by atoms with Gasteiger partial charge in [-0.25, -0.2) is 4.39 Å². The lowest BCUT2D eigenvalue weighted by Crippen LogP contribution is -2.35. The number of hydrogen-bond acceptors (Lipinski definition) is 4. The van der Waals surface area contributed by atoms with Crippen molar-refractivity contribution in [2.24, 2.45) is 0 Å². The van der Waals surface area contributed by atoms with E-state index in [-0.39, 0.29) is 11.4 Å². The lowest BCUT2D eigenvalue weighted by molar-refractivity contribution is 0.383. The Balaban J connectivity index is 2.16. The summed E-state index contributed by atoms with van der Waals surface area (Å²) in [6.07, 6.45) is 0. The van der Waals surface area contributed by atoms with Crippen LogP contribution in [0.4, 0.5) is 4.39 Å². The number of rotatable bonds is 3. The molecule has 102 valence electrons. The van der Waals surface area contributed by atoms with Gasteiger partial charge < -0.3 is 9.73 Å². The number of benzene rings is 1. The van der Waals surface area contributed by atoms with Crippen molar-refractivity contribution in [1.29, 1.82) is 0 Å². The summed E-state index contributed by atoms with van der Waals surface area (Å²) in [4.78, 5) is 0. The Morgan fingerprint density at radius 1 is 1.26 bits per heavy atom. The van der Waals surface area contributed by atoms with E-state index in [4.69, 9.17) is 4.42 Å². The average molecular weight is 263 g/mol. The van der Waals surface area contributed by atoms with Crippen molar-refractivity contribution in [3.05, 3.63) is 35.5 Å². The third-order valence-electron chi connectivity index (χ3n) is 2.66. The Morgan fingerprint density at radius 2 is 2.00 bits per heavy atom. The minimum atomic E-state index is -0.268. The van der Waals surface area contributed by atoms with Crippen LogP contribution in [-0.4, -0.2) is 15.7 Å². The lowest BCUT2D eigenvalue weighted by Gasteiger charge is -2.18. The fourth-order valence-electron chi connectivity index (χ4n) is 1.64. The molecule has 0 aliphatic rings. The van der Waals surface area contributed by atoms with Crippen LogP contribution < -0.4 is 5.32 Å². The van der Waals surface area contributed by atoms with Gasteiger partial charge in [0.25, 0.3) is 0 Å². The molecule has 1 aromatic carbocycles. The monoisotopic (exact) mass is 263 g/mol. The third-order valence-corrected chi connectivity index (χ3v) is 2.66. The third kappa shape index (κ3) is 3.61. The first-order chi connectivity index (χ1) is 8.85. The van der Waals surface area contributed by atoms with Gasteiger partial charge in [0, 0.05) is 11.1 Å². The Morgan fingerprint density at radius 3 is 2.63 bits per heavy atom. The fraction of sp³-hybridized carbons (Fsp3) is 0.429. The maximum Gasteiger partial charge on any atom is 0.248 e. The second kappa shape index (κ2) is 5.09. The highest BCUT2D eigenvalue weighted by Crippen LogP contribution is 2.22. The molecule has 0 atom stereocenters. The summed E-state index contributed by atoms with van der Waals surface area (Å²) in [6, 6.07) is 4.49. The Hall–Kier alpha value is -1.75. The van der Waals surface area contributed by atoms with Gasteiger partial charge >= 0.3 is 0 Å². The van der Waals surface area contributed by atoms with Crippen LogP contribution in [0, 0.1) is 12.7 Å². The number of halogens is 1. The van der Waals surface area contributed by atoms with E-state index in [0.29, 0.717) is 18.3 Å². The fourth-order valence-corrected chi connectivity index (χ4v) is 1.64. The zero-order valence-corrected chi connectivity index (χ0v) is 11.6. The second-order valence-corrected chi connectivity index (χ2v) is 5.56. The normalized spacial score (nSPS) is 11.8. The van der Waals surface area contributed by atoms with Gasteiger partial charge in [-0.05, 0) is 51.5 Å². The van der Waals surface area contributed by atoms with E-state index in [1.807, 2.05) is 6.92 Å². The second-order valence-electron chi connectivity index (χ2n) is 5.56. The first kappa shape index (κ1) is 13.7. The predicted molar refractivity (Wildman–Crippen MR) is 71.0 cm³/mol. The molecule has 1 heterocycles.